The van der Waals surface area contributed by atoms with Gasteiger partial charge in [-0.05, 0) is 177 Å². The molecule has 392 valence electrons. The van der Waals surface area contributed by atoms with Crippen LogP contribution in [-0.4, -0.2) is 24.1 Å². The summed E-state index contributed by atoms with van der Waals surface area (Å²) in [4.78, 5) is 1.86. The van der Waals surface area contributed by atoms with Crippen LogP contribution in [0.5, 0.6) is 0 Å². The molecule has 0 N–H and O–H groups in total. The fraction of sp³-hybridized carbons (Fsp3) is 0.260. The molecule has 0 aliphatic heterocycles. The fourth-order valence-electron chi connectivity index (χ4n) is 12.7. The number of hydrogen-bond acceptors (Lipinski definition) is 2. The third-order valence-corrected chi connectivity index (χ3v) is 16.3. The van der Waals surface area contributed by atoms with Gasteiger partial charge in [0, 0.05) is 35.0 Å². The van der Waals surface area contributed by atoms with Crippen LogP contribution in [0.15, 0.2) is 152 Å². The SMILES string of the molecule is C=Cc1c(/C=C\C)c(/C=C/c2ccc3c(c2)-c2cccc(-n4c5c(c6ccccc64)CCC=C5)c2C3)c(/C=C\C)n1-c1cnn(-c2cc(-c3cccc(CC(CC(C)(C)C)C(C)(C)C)c3)cc3c2Cc2ccccc2-3)n1.CC. The van der Waals surface area contributed by atoms with E-state index in [1.165, 1.54) is 95.5 Å². The van der Waals surface area contributed by atoms with E-state index in [0.29, 0.717) is 5.92 Å². The Hall–Kier alpha value is -8.02. The lowest BCUT2D eigenvalue weighted by Crippen LogP contribution is -2.27. The van der Waals surface area contributed by atoms with Crippen molar-refractivity contribution >= 4 is 47.4 Å². The minimum Gasteiger partial charge on any atom is -0.309 e. The average molecular weight is 1020 g/mol. The summed E-state index contributed by atoms with van der Waals surface area (Å²) in [6.07, 6.45) is 27.8. The van der Waals surface area contributed by atoms with Gasteiger partial charge < -0.3 is 4.57 Å². The van der Waals surface area contributed by atoms with E-state index in [2.05, 4.69) is 241 Å². The van der Waals surface area contributed by atoms with Crippen LogP contribution in [0.2, 0.25) is 0 Å². The zero-order valence-corrected chi connectivity index (χ0v) is 47.6. The van der Waals surface area contributed by atoms with Crippen molar-refractivity contribution < 1.29 is 0 Å². The third kappa shape index (κ3) is 9.52. The molecular formula is C73H75N5. The van der Waals surface area contributed by atoms with E-state index in [1.54, 1.807) is 0 Å². The summed E-state index contributed by atoms with van der Waals surface area (Å²) in [6, 6.07) is 45.5. The van der Waals surface area contributed by atoms with Crippen LogP contribution in [0.3, 0.4) is 0 Å². The van der Waals surface area contributed by atoms with E-state index < -0.39 is 0 Å². The number of aromatic nitrogens is 5. The summed E-state index contributed by atoms with van der Waals surface area (Å²) in [6.45, 7) is 26.8. The number of para-hydroxylation sites is 1. The molecule has 0 fully saturated rings. The molecule has 12 rings (SSSR count). The van der Waals surface area contributed by atoms with Gasteiger partial charge >= 0.3 is 0 Å². The van der Waals surface area contributed by atoms with E-state index in [0.717, 1.165) is 71.7 Å². The van der Waals surface area contributed by atoms with Crippen molar-refractivity contribution in [1.29, 1.82) is 0 Å². The summed E-state index contributed by atoms with van der Waals surface area (Å²) in [5.74, 6) is 1.28. The molecule has 0 amide bonds. The van der Waals surface area contributed by atoms with Gasteiger partial charge in [0.05, 0.1) is 34.5 Å². The van der Waals surface area contributed by atoms with Crippen molar-refractivity contribution in [2.45, 2.75) is 108 Å². The molecule has 3 aliphatic rings. The van der Waals surface area contributed by atoms with Crippen molar-refractivity contribution in [2.75, 3.05) is 0 Å². The molecule has 5 nitrogen and oxygen atoms in total. The van der Waals surface area contributed by atoms with E-state index in [4.69, 9.17) is 10.2 Å². The maximum Gasteiger partial charge on any atom is 0.180 e. The normalized spacial score (nSPS) is 14.0. The molecule has 3 aromatic heterocycles. The number of fused-ring (bicyclic) bond motifs is 9. The van der Waals surface area contributed by atoms with Crippen LogP contribution < -0.4 is 0 Å². The first-order chi connectivity index (χ1) is 37.8. The maximum atomic E-state index is 5.39. The molecular weight excluding hydrogens is 947 g/mol. The highest BCUT2D eigenvalue weighted by molar-refractivity contribution is 5.93. The summed E-state index contributed by atoms with van der Waals surface area (Å²) < 4.78 is 4.73. The Bertz CT molecular complexity index is 3890. The Labute approximate surface area is 463 Å². The first kappa shape index (κ1) is 52.1. The zero-order valence-electron chi connectivity index (χ0n) is 47.6. The topological polar surface area (TPSA) is 40.6 Å². The number of aryl methyl sites for hydroxylation is 1. The molecule has 0 saturated heterocycles. The summed E-state index contributed by atoms with van der Waals surface area (Å²) in [7, 11) is 0. The number of rotatable bonds is 12. The van der Waals surface area contributed by atoms with Gasteiger partial charge in [0.1, 0.15) is 0 Å². The van der Waals surface area contributed by atoms with Gasteiger partial charge in [0.2, 0.25) is 0 Å². The minimum absolute atomic E-state index is 0.193. The predicted octanol–water partition coefficient (Wildman–Crippen LogP) is 19.3. The highest BCUT2D eigenvalue weighted by atomic mass is 15.5. The molecule has 1 unspecified atom stereocenters. The van der Waals surface area contributed by atoms with Crippen LogP contribution in [0.25, 0.3) is 97.9 Å². The molecule has 0 spiro atoms. The number of allylic oxidation sites excluding steroid dienone is 3. The number of hydrogen-bond donors (Lipinski definition) is 0. The minimum atomic E-state index is 0.193. The number of nitrogens with zero attached hydrogens (tertiary/aromatic N) is 5. The predicted molar refractivity (Wildman–Crippen MR) is 334 cm³/mol. The van der Waals surface area contributed by atoms with Gasteiger partial charge in [-0.3, -0.25) is 4.57 Å². The third-order valence-electron chi connectivity index (χ3n) is 16.3. The van der Waals surface area contributed by atoms with Crippen molar-refractivity contribution in [2.24, 2.45) is 16.7 Å². The average Bonchev–Trinajstić information content (AvgIpc) is 4.48. The van der Waals surface area contributed by atoms with Crippen molar-refractivity contribution in [1.82, 2.24) is 24.1 Å². The smallest absolute Gasteiger partial charge is 0.180 e. The van der Waals surface area contributed by atoms with Crippen LogP contribution in [-0.2, 0) is 25.7 Å². The van der Waals surface area contributed by atoms with Gasteiger partial charge in [-0.1, -0.05) is 189 Å². The quantitative estimate of drug-likeness (QED) is 0.122. The molecule has 78 heavy (non-hydrogen) atoms. The lowest BCUT2D eigenvalue weighted by Gasteiger charge is -2.36. The lowest BCUT2D eigenvalue weighted by molar-refractivity contribution is 0.164. The summed E-state index contributed by atoms with van der Waals surface area (Å²) in [5, 5.41) is 11.9. The molecule has 5 heteroatoms. The Morgan fingerprint density at radius 2 is 1.36 bits per heavy atom. The molecule has 0 radical (unpaired) electrons. The van der Waals surface area contributed by atoms with E-state index in [9.17, 15) is 0 Å². The lowest BCUT2D eigenvalue weighted by atomic mass is 9.70. The standard InChI is InChI=1S/C71H69N5.C2H6/c1-10-21-55-58(36-34-46-33-35-50-41-61-54(59(50)39-46)29-20-32-67(61)74-65-30-17-15-27-56(65)57-28-16-18-31-66(57)74)64(22-11-2)75(63(55)12-3)69-45-72-76(73-69)68-43-51(42-60-53-26-14-13-24-49(53)40-62(60)68)48-25-19-23-47(37-48)38-52(71(7,8)9)44-70(4,5)6;1-2/h10-15,17-27,29-37,39,42-43,45,52H,3,16,28,38,40-41,44H2,1-2,4-9H3;1-2H3/b21-10-,22-11-,36-34+;. The van der Waals surface area contributed by atoms with Crippen molar-refractivity contribution in [3.8, 4) is 50.6 Å². The Morgan fingerprint density at radius 3 is 2.14 bits per heavy atom. The van der Waals surface area contributed by atoms with Gasteiger partial charge in [-0.25, -0.2) is 0 Å². The maximum absolute atomic E-state index is 5.39. The van der Waals surface area contributed by atoms with Gasteiger partial charge in [0.25, 0.3) is 0 Å². The monoisotopic (exact) mass is 1020 g/mol. The van der Waals surface area contributed by atoms with E-state index in [-0.39, 0.29) is 10.8 Å². The molecule has 1 atom stereocenters. The number of benzene rings is 6. The molecule has 9 aromatic rings. The van der Waals surface area contributed by atoms with Crippen molar-refractivity contribution in [3.05, 3.63) is 219 Å². The highest BCUT2D eigenvalue weighted by Crippen LogP contribution is 2.46. The second-order valence-corrected chi connectivity index (χ2v) is 23.6. The van der Waals surface area contributed by atoms with E-state index >= 15 is 0 Å². The Kier molecular flexibility index (Phi) is 14.1. The molecule has 0 bridgehead atoms. The van der Waals surface area contributed by atoms with Gasteiger partial charge in [0.15, 0.2) is 5.82 Å². The van der Waals surface area contributed by atoms with Crippen LogP contribution in [0, 0.1) is 16.7 Å². The van der Waals surface area contributed by atoms with Crippen LogP contribution in [0.4, 0.5) is 0 Å². The molecule has 3 heterocycles. The first-order valence-corrected chi connectivity index (χ1v) is 28.5. The van der Waals surface area contributed by atoms with E-state index in [1.807, 2.05) is 30.9 Å². The van der Waals surface area contributed by atoms with Gasteiger partial charge in [-0.15, -0.1) is 9.90 Å². The first-order valence-electron chi connectivity index (χ1n) is 28.5. The molecule has 6 aromatic carbocycles. The summed E-state index contributed by atoms with van der Waals surface area (Å²) >= 11 is 0. The van der Waals surface area contributed by atoms with Crippen LogP contribution in [0.1, 0.15) is 149 Å². The Balaban J connectivity index is 0.00000319. The second kappa shape index (κ2) is 21.1. The Morgan fingerprint density at radius 1 is 0.628 bits per heavy atom. The largest absolute Gasteiger partial charge is 0.309 e. The van der Waals surface area contributed by atoms with Crippen molar-refractivity contribution in [3.63, 3.8) is 0 Å². The van der Waals surface area contributed by atoms with Gasteiger partial charge in [-0.2, -0.15) is 5.10 Å². The second-order valence-electron chi connectivity index (χ2n) is 23.6. The summed E-state index contributed by atoms with van der Waals surface area (Å²) in [5.41, 5.74) is 26.3. The zero-order chi connectivity index (χ0) is 54.5. The highest BCUT2D eigenvalue weighted by Gasteiger charge is 2.31. The van der Waals surface area contributed by atoms with Crippen LogP contribution >= 0.6 is 0 Å². The molecule has 3 aliphatic carbocycles. The fourth-order valence-corrected chi connectivity index (χ4v) is 12.7. The molecule has 0 saturated carbocycles.